The highest BCUT2D eigenvalue weighted by atomic mass is 16.5. The molecule has 0 radical (unpaired) electrons. The van der Waals surface area contributed by atoms with E-state index in [0.717, 1.165) is 24.7 Å². The zero-order chi connectivity index (χ0) is 8.39. The molecule has 0 aromatic heterocycles. The van der Waals surface area contributed by atoms with Crippen LogP contribution < -0.4 is 0 Å². The lowest BCUT2D eigenvalue weighted by Crippen LogP contribution is -1.98. The second-order valence-electron chi connectivity index (χ2n) is 3.89. The van der Waals surface area contributed by atoms with Gasteiger partial charge in [0.2, 0.25) is 0 Å². The Morgan fingerprint density at radius 3 is 3.00 bits per heavy atom. The molecule has 1 saturated carbocycles. The van der Waals surface area contributed by atoms with E-state index in [9.17, 15) is 0 Å². The molecule has 0 spiro atoms. The fourth-order valence-electron chi connectivity index (χ4n) is 1.42. The van der Waals surface area contributed by atoms with Gasteiger partial charge in [0.25, 0.3) is 0 Å². The molecule has 2 rings (SSSR count). The maximum Gasteiger partial charge on any atom is 0.115 e. The molecule has 66 valence electrons. The van der Waals surface area contributed by atoms with Crippen molar-refractivity contribution in [1.29, 1.82) is 0 Å². The second-order valence-corrected chi connectivity index (χ2v) is 3.89. The van der Waals surface area contributed by atoms with Crippen molar-refractivity contribution in [1.82, 2.24) is 0 Å². The molecule has 2 aliphatic carbocycles. The van der Waals surface area contributed by atoms with Gasteiger partial charge in [-0.1, -0.05) is 5.57 Å². The lowest BCUT2D eigenvalue weighted by molar-refractivity contribution is 0.208. The minimum atomic E-state index is 0.863. The summed E-state index contributed by atoms with van der Waals surface area (Å²) in [5, 5.41) is 0. The van der Waals surface area contributed by atoms with Gasteiger partial charge < -0.3 is 4.74 Å². The first-order valence-corrected chi connectivity index (χ1v) is 4.85. The molecule has 0 aromatic carbocycles. The highest BCUT2D eigenvalue weighted by molar-refractivity contribution is 5.21. The Hall–Kier alpha value is -0.720. The topological polar surface area (TPSA) is 9.23 Å². The summed E-state index contributed by atoms with van der Waals surface area (Å²) in [7, 11) is 0. The molecular weight excluding hydrogens is 148 g/mol. The third-order valence-electron chi connectivity index (χ3n) is 2.46. The summed E-state index contributed by atoms with van der Waals surface area (Å²) in [5.74, 6) is 1.96. The van der Waals surface area contributed by atoms with Gasteiger partial charge in [-0.3, -0.25) is 0 Å². The van der Waals surface area contributed by atoms with Gasteiger partial charge in [-0.05, 0) is 50.7 Å². The third kappa shape index (κ3) is 2.13. The standard InChI is InChI=1S/C11H16O/c1-9-3-2-4-11(7-9)12-8-10-5-6-10/h4,7,10H,2-3,5-6,8H2,1H3. The van der Waals surface area contributed by atoms with Crippen molar-refractivity contribution in [3.8, 4) is 0 Å². The molecule has 2 aliphatic rings. The predicted molar refractivity (Wildman–Crippen MR) is 49.8 cm³/mol. The number of rotatable bonds is 3. The van der Waals surface area contributed by atoms with Crippen molar-refractivity contribution in [2.45, 2.75) is 32.6 Å². The van der Waals surface area contributed by atoms with Crippen LogP contribution in [0.4, 0.5) is 0 Å². The Balaban J connectivity index is 1.81. The van der Waals surface area contributed by atoms with E-state index in [4.69, 9.17) is 4.74 Å². The monoisotopic (exact) mass is 164 g/mol. The van der Waals surface area contributed by atoms with Crippen LogP contribution in [0.3, 0.4) is 0 Å². The molecule has 0 heterocycles. The molecule has 0 amide bonds. The van der Waals surface area contributed by atoms with E-state index < -0.39 is 0 Å². The van der Waals surface area contributed by atoms with E-state index in [2.05, 4.69) is 19.1 Å². The molecule has 12 heavy (non-hydrogen) atoms. The van der Waals surface area contributed by atoms with Gasteiger partial charge in [-0.2, -0.15) is 0 Å². The van der Waals surface area contributed by atoms with E-state index in [-0.39, 0.29) is 0 Å². The van der Waals surface area contributed by atoms with Crippen molar-refractivity contribution in [3.05, 3.63) is 23.5 Å². The summed E-state index contributed by atoms with van der Waals surface area (Å²) in [6.45, 7) is 3.11. The van der Waals surface area contributed by atoms with Gasteiger partial charge in [0, 0.05) is 0 Å². The van der Waals surface area contributed by atoms with Crippen LogP contribution in [0, 0.1) is 5.92 Å². The highest BCUT2D eigenvalue weighted by Gasteiger charge is 2.22. The van der Waals surface area contributed by atoms with Crippen LogP contribution in [0.15, 0.2) is 23.5 Å². The zero-order valence-electron chi connectivity index (χ0n) is 7.68. The molecule has 0 atom stereocenters. The number of ether oxygens (including phenoxy) is 1. The van der Waals surface area contributed by atoms with Crippen molar-refractivity contribution < 1.29 is 4.74 Å². The molecule has 0 aromatic rings. The van der Waals surface area contributed by atoms with Crippen LogP contribution in [0.25, 0.3) is 0 Å². The predicted octanol–water partition coefficient (Wildman–Crippen LogP) is 3.04. The molecule has 0 saturated heterocycles. The minimum Gasteiger partial charge on any atom is -0.494 e. The van der Waals surface area contributed by atoms with E-state index in [1.165, 1.54) is 24.8 Å². The van der Waals surface area contributed by atoms with Crippen LogP contribution in [0.2, 0.25) is 0 Å². The van der Waals surface area contributed by atoms with Gasteiger partial charge in [0.05, 0.1) is 6.61 Å². The van der Waals surface area contributed by atoms with Gasteiger partial charge in [0.1, 0.15) is 5.76 Å². The maximum absolute atomic E-state index is 5.66. The van der Waals surface area contributed by atoms with Crippen LogP contribution >= 0.6 is 0 Å². The number of hydrogen-bond donors (Lipinski definition) is 0. The van der Waals surface area contributed by atoms with E-state index in [1.807, 2.05) is 0 Å². The second kappa shape index (κ2) is 3.34. The summed E-state index contributed by atoms with van der Waals surface area (Å²) < 4.78 is 5.66. The molecule has 0 unspecified atom stereocenters. The molecule has 0 bridgehead atoms. The average molecular weight is 164 g/mol. The summed E-state index contributed by atoms with van der Waals surface area (Å²) in [6, 6.07) is 0. The first-order valence-electron chi connectivity index (χ1n) is 4.85. The molecule has 1 heteroatoms. The van der Waals surface area contributed by atoms with Gasteiger partial charge in [-0.15, -0.1) is 0 Å². The molecule has 1 nitrogen and oxygen atoms in total. The highest BCUT2D eigenvalue weighted by Crippen LogP contribution is 2.30. The summed E-state index contributed by atoms with van der Waals surface area (Å²) >= 11 is 0. The fraction of sp³-hybridized carbons (Fsp3) is 0.636. The van der Waals surface area contributed by atoms with E-state index >= 15 is 0 Å². The first-order chi connectivity index (χ1) is 5.84. The Morgan fingerprint density at radius 2 is 2.33 bits per heavy atom. The van der Waals surface area contributed by atoms with Crippen LogP contribution in [0.1, 0.15) is 32.6 Å². The van der Waals surface area contributed by atoms with Gasteiger partial charge in [0.15, 0.2) is 0 Å². The number of hydrogen-bond acceptors (Lipinski definition) is 1. The molecule has 0 N–H and O–H groups in total. The van der Waals surface area contributed by atoms with Crippen molar-refractivity contribution >= 4 is 0 Å². The van der Waals surface area contributed by atoms with Gasteiger partial charge >= 0.3 is 0 Å². The average Bonchev–Trinajstić information content (AvgIpc) is 2.84. The Labute approximate surface area is 74.1 Å². The summed E-state index contributed by atoms with van der Waals surface area (Å²) in [6.07, 6.45) is 9.48. The van der Waals surface area contributed by atoms with Crippen LogP contribution in [-0.2, 0) is 4.74 Å². The fourth-order valence-corrected chi connectivity index (χ4v) is 1.42. The quantitative estimate of drug-likeness (QED) is 0.623. The zero-order valence-corrected chi connectivity index (χ0v) is 7.68. The van der Waals surface area contributed by atoms with E-state index in [0.29, 0.717) is 0 Å². The molecule has 1 fully saturated rings. The maximum atomic E-state index is 5.66. The van der Waals surface area contributed by atoms with Crippen LogP contribution in [-0.4, -0.2) is 6.61 Å². The van der Waals surface area contributed by atoms with E-state index in [1.54, 1.807) is 0 Å². The normalized spacial score (nSPS) is 23.1. The smallest absolute Gasteiger partial charge is 0.115 e. The molecular formula is C11H16O. The first kappa shape index (κ1) is 7.90. The lowest BCUT2D eigenvalue weighted by Gasteiger charge is -2.11. The summed E-state index contributed by atoms with van der Waals surface area (Å²) in [4.78, 5) is 0. The Morgan fingerprint density at radius 1 is 1.50 bits per heavy atom. The number of allylic oxidation sites excluding steroid dienone is 3. The van der Waals surface area contributed by atoms with Crippen molar-refractivity contribution in [3.63, 3.8) is 0 Å². The molecule has 0 aliphatic heterocycles. The van der Waals surface area contributed by atoms with Crippen LogP contribution in [0.5, 0.6) is 0 Å². The SMILES string of the molecule is CC1=CC(OCC2CC2)=CCC1. The third-order valence-corrected chi connectivity index (χ3v) is 2.46. The minimum absolute atomic E-state index is 0.863. The van der Waals surface area contributed by atoms with Gasteiger partial charge in [-0.25, -0.2) is 0 Å². The Kier molecular flexibility index (Phi) is 2.20. The van der Waals surface area contributed by atoms with Crippen molar-refractivity contribution in [2.24, 2.45) is 5.92 Å². The Bertz CT molecular complexity index is 221. The van der Waals surface area contributed by atoms with Crippen molar-refractivity contribution in [2.75, 3.05) is 6.61 Å². The lowest BCUT2D eigenvalue weighted by atomic mass is 10.1. The summed E-state index contributed by atoms with van der Waals surface area (Å²) in [5.41, 5.74) is 1.45. The largest absolute Gasteiger partial charge is 0.494 e.